The molecule has 1 heterocycles. The van der Waals surface area contributed by atoms with Gasteiger partial charge in [0.05, 0.1) is 5.60 Å². The third-order valence-electron chi connectivity index (χ3n) is 5.69. The Balaban J connectivity index is 0.00000113. The fourth-order valence-electron chi connectivity index (χ4n) is 4.05. The molecule has 0 amide bonds. The lowest BCUT2D eigenvalue weighted by atomic mass is 9.68. The SMILES string of the molecule is Cl.Cl.OC1(C(CN2CCNCC2)c2ccc3ccccc3c2)CCC1. The van der Waals surface area contributed by atoms with Gasteiger partial charge in [-0.15, -0.1) is 24.8 Å². The largest absolute Gasteiger partial charge is 0.389 e. The van der Waals surface area contributed by atoms with E-state index in [1.807, 2.05) is 0 Å². The van der Waals surface area contributed by atoms with E-state index in [1.165, 1.54) is 16.3 Å². The van der Waals surface area contributed by atoms with Crippen molar-refractivity contribution >= 4 is 35.6 Å². The van der Waals surface area contributed by atoms with E-state index in [-0.39, 0.29) is 30.7 Å². The standard InChI is InChI=1S/C20H26N2O.2ClH/c23-20(8-3-9-20)19(15-22-12-10-21-11-13-22)18-7-6-16-4-1-2-5-17(16)14-18;;/h1-2,4-7,14,19,21,23H,3,8-13,15H2;2*1H. The first kappa shape index (κ1) is 20.5. The number of piperazine rings is 1. The number of hydrogen-bond donors (Lipinski definition) is 2. The zero-order chi connectivity index (χ0) is 15.7. The zero-order valence-electron chi connectivity index (χ0n) is 14.5. The molecule has 0 spiro atoms. The van der Waals surface area contributed by atoms with Crippen LogP contribution in [0.5, 0.6) is 0 Å². The molecule has 2 aliphatic rings. The number of halogens is 2. The molecule has 5 heteroatoms. The molecule has 2 aromatic rings. The maximum atomic E-state index is 11.1. The predicted octanol–water partition coefficient (Wildman–Crippen LogP) is 3.59. The quantitative estimate of drug-likeness (QED) is 0.847. The van der Waals surface area contributed by atoms with E-state index in [4.69, 9.17) is 0 Å². The second-order valence-electron chi connectivity index (χ2n) is 7.17. The van der Waals surface area contributed by atoms with Crippen LogP contribution in [0.3, 0.4) is 0 Å². The van der Waals surface area contributed by atoms with Crippen molar-refractivity contribution in [2.24, 2.45) is 0 Å². The molecule has 1 saturated heterocycles. The maximum absolute atomic E-state index is 11.1. The number of hydrogen-bond acceptors (Lipinski definition) is 3. The summed E-state index contributed by atoms with van der Waals surface area (Å²) in [7, 11) is 0. The summed E-state index contributed by atoms with van der Waals surface area (Å²) in [4.78, 5) is 2.51. The van der Waals surface area contributed by atoms with E-state index in [2.05, 4.69) is 52.7 Å². The second kappa shape index (κ2) is 8.70. The number of nitrogens with zero attached hydrogens (tertiary/aromatic N) is 1. The van der Waals surface area contributed by atoms with E-state index in [0.717, 1.165) is 52.0 Å². The van der Waals surface area contributed by atoms with Gasteiger partial charge in [-0.25, -0.2) is 0 Å². The molecule has 2 fully saturated rings. The van der Waals surface area contributed by atoms with Crippen LogP contribution in [0.4, 0.5) is 0 Å². The van der Waals surface area contributed by atoms with Gasteiger partial charge in [-0.2, -0.15) is 0 Å². The highest BCUT2D eigenvalue weighted by atomic mass is 35.5. The van der Waals surface area contributed by atoms with Gasteiger partial charge < -0.3 is 15.3 Å². The number of aliphatic hydroxyl groups is 1. The van der Waals surface area contributed by atoms with Gasteiger partial charge in [-0.3, -0.25) is 0 Å². The highest BCUT2D eigenvalue weighted by molar-refractivity contribution is 5.85. The Bertz CT molecular complexity index is 684. The fraction of sp³-hybridized carbons (Fsp3) is 0.500. The van der Waals surface area contributed by atoms with E-state index in [1.54, 1.807) is 0 Å². The van der Waals surface area contributed by atoms with Gasteiger partial charge in [-0.1, -0.05) is 42.5 Å². The second-order valence-corrected chi connectivity index (χ2v) is 7.17. The van der Waals surface area contributed by atoms with Crippen LogP contribution in [0, 0.1) is 0 Å². The molecule has 25 heavy (non-hydrogen) atoms. The highest BCUT2D eigenvalue weighted by Crippen LogP contribution is 2.44. The van der Waals surface area contributed by atoms with Crippen molar-refractivity contribution in [3.05, 3.63) is 48.0 Å². The van der Waals surface area contributed by atoms with Crippen LogP contribution in [0.25, 0.3) is 10.8 Å². The zero-order valence-corrected chi connectivity index (χ0v) is 16.1. The lowest BCUT2D eigenvalue weighted by Gasteiger charge is -2.46. The number of nitrogens with one attached hydrogen (secondary N) is 1. The van der Waals surface area contributed by atoms with Gasteiger partial charge in [0.2, 0.25) is 0 Å². The summed E-state index contributed by atoms with van der Waals surface area (Å²) in [6, 6.07) is 15.2. The number of rotatable bonds is 4. The molecule has 1 atom stereocenters. The Kier molecular flexibility index (Phi) is 7.12. The van der Waals surface area contributed by atoms with Crippen LogP contribution in [0.1, 0.15) is 30.7 Å². The summed E-state index contributed by atoms with van der Waals surface area (Å²) in [5.74, 6) is 0.221. The van der Waals surface area contributed by atoms with E-state index < -0.39 is 5.60 Å². The average Bonchev–Trinajstić information content (AvgIpc) is 2.58. The lowest BCUT2D eigenvalue weighted by Crippen LogP contribution is -2.51. The van der Waals surface area contributed by atoms with Crippen molar-refractivity contribution in [2.45, 2.75) is 30.8 Å². The normalized spacial score (nSPS) is 20.8. The summed E-state index contributed by atoms with van der Waals surface area (Å²) in [6.45, 7) is 5.25. The summed E-state index contributed by atoms with van der Waals surface area (Å²) in [5, 5.41) is 17.0. The molecular formula is C20H28Cl2N2O. The van der Waals surface area contributed by atoms with Crippen molar-refractivity contribution in [1.82, 2.24) is 10.2 Å². The van der Waals surface area contributed by atoms with Crippen LogP contribution in [0.15, 0.2) is 42.5 Å². The highest BCUT2D eigenvalue weighted by Gasteiger charge is 2.43. The molecule has 3 nitrogen and oxygen atoms in total. The number of fused-ring (bicyclic) bond motifs is 1. The minimum atomic E-state index is -0.507. The molecule has 2 aromatic carbocycles. The molecule has 0 radical (unpaired) electrons. The summed E-state index contributed by atoms with van der Waals surface area (Å²) in [6.07, 6.45) is 3.04. The van der Waals surface area contributed by atoms with Crippen molar-refractivity contribution in [3.8, 4) is 0 Å². The first-order chi connectivity index (χ1) is 11.2. The maximum Gasteiger partial charge on any atom is 0.0728 e. The smallest absolute Gasteiger partial charge is 0.0728 e. The average molecular weight is 383 g/mol. The van der Waals surface area contributed by atoms with E-state index in [0.29, 0.717) is 0 Å². The lowest BCUT2D eigenvalue weighted by molar-refractivity contribution is -0.0651. The topological polar surface area (TPSA) is 35.5 Å². The number of benzene rings is 2. The van der Waals surface area contributed by atoms with E-state index >= 15 is 0 Å². The van der Waals surface area contributed by atoms with Gasteiger partial charge in [-0.05, 0) is 35.6 Å². The van der Waals surface area contributed by atoms with Gasteiger partial charge >= 0.3 is 0 Å². The van der Waals surface area contributed by atoms with Crippen molar-refractivity contribution in [2.75, 3.05) is 32.7 Å². The van der Waals surface area contributed by atoms with Crippen LogP contribution in [0.2, 0.25) is 0 Å². The van der Waals surface area contributed by atoms with Gasteiger partial charge in [0, 0.05) is 38.6 Å². The summed E-state index contributed by atoms with van der Waals surface area (Å²) in [5.41, 5.74) is 0.789. The third-order valence-corrected chi connectivity index (χ3v) is 5.69. The fourth-order valence-corrected chi connectivity index (χ4v) is 4.05. The Hall–Kier alpha value is -0.840. The predicted molar refractivity (Wildman–Crippen MR) is 109 cm³/mol. The molecule has 4 rings (SSSR count). The third kappa shape index (κ3) is 4.29. The summed E-state index contributed by atoms with van der Waals surface area (Å²) < 4.78 is 0. The van der Waals surface area contributed by atoms with Gasteiger partial charge in [0.15, 0.2) is 0 Å². The minimum Gasteiger partial charge on any atom is -0.389 e. The molecule has 1 unspecified atom stereocenters. The van der Waals surface area contributed by atoms with Crippen molar-refractivity contribution in [1.29, 1.82) is 0 Å². The van der Waals surface area contributed by atoms with Crippen molar-refractivity contribution in [3.63, 3.8) is 0 Å². The Morgan fingerprint density at radius 2 is 1.68 bits per heavy atom. The molecule has 2 N–H and O–H groups in total. The van der Waals surface area contributed by atoms with E-state index in [9.17, 15) is 5.11 Å². The first-order valence-electron chi connectivity index (χ1n) is 8.89. The van der Waals surface area contributed by atoms with Crippen LogP contribution in [-0.2, 0) is 0 Å². The van der Waals surface area contributed by atoms with Crippen LogP contribution in [-0.4, -0.2) is 48.3 Å². The summed E-state index contributed by atoms with van der Waals surface area (Å²) >= 11 is 0. The molecule has 0 aromatic heterocycles. The first-order valence-corrected chi connectivity index (χ1v) is 8.89. The molecule has 1 saturated carbocycles. The molecule has 0 bridgehead atoms. The van der Waals surface area contributed by atoms with Gasteiger partial charge in [0.1, 0.15) is 0 Å². The Morgan fingerprint density at radius 1 is 1.00 bits per heavy atom. The Labute approximate surface area is 162 Å². The van der Waals surface area contributed by atoms with Crippen LogP contribution >= 0.6 is 24.8 Å². The monoisotopic (exact) mass is 382 g/mol. The molecule has 1 aliphatic heterocycles. The Morgan fingerprint density at radius 3 is 2.32 bits per heavy atom. The van der Waals surface area contributed by atoms with Gasteiger partial charge in [0.25, 0.3) is 0 Å². The van der Waals surface area contributed by atoms with Crippen molar-refractivity contribution < 1.29 is 5.11 Å². The minimum absolute atomic E-state index is 0. The molecule has 138 valence electrons. The molecular weight excluding hydrogens is 355 g/mol. The molecule has 1 aliphatic carbocycles. The van der Waals surface area contributed by atoms with Crippen LogP contribution < -0.4 is 5.32 Å².